The Kier molecular flexibility index (Phi) is 3.94. The van der Waals surface area contributed by atoms with Crippen LogP contribution in [0.5, 0.6) is 0 Å². The van der Waals surface area contributed by atoms with Crippen LogP contribution in [0.15, 0.2) is 6.07 Å². The molecule has 1 aliphatic carbocycles. The minimum atomic E-state index is 0.178. The third-order valence-corrected chi connectivity index (χ3v) is 3.11. The Balaban J connectivity index is 2.17. The lowest BCUT2D eigenvalue weighted by Gasteiger charge is -2.23. The zero-order valence-electron chi connectivity index (χ0n) is 10.7. The molecule has 1 fully saturated rings. The Bertz CT molecular complexity index is 377. The topological polar surface area (TPSA) is 49.2 Å². The predicted octanol–water partition coefficient (Wildman–Crippen LogP) is 1.56. The molecule has 4 heteroatoms. The Morgan fingerprint density at radius 3 is 2.76 bits per heavy atom. The van der Waals surface area contributed by atoms with E-state index in [-0.39, 0.29) is 6.61 Å². The van der Waals surface area contributed by atoms with Gasteiger partial charge in [-0.1, -0.05) is 6.92 Å². The highest BCUT2D eigenvalue weighted by Gasteiger charge is 2.25. The smallest absolute Gasteiger partial charge is 0.132 e. The van der Waals surface area contributed by atoms with Crippen LogP contribution in [-0.2, 0) is 6.42 Å². The van der Waals surface area contributed by atoms with Crippen molar-refractivity contribution in [1.82, 2.24) is 9.97 Å². The van der Waals surface area contributed by atoms with Crippen molar-refractivity contribution >= 4 is 5.82 Å². The summed E-state index contributed by atoms with van der Waals surface area (Å²) in [5.74, 6) is 2.58. The van der Waals surface area contributed by atoms with Gasteiger partial charge in [-0.05, 0) is 32.1 Å². The fourth-order valence-corrected chi connectivity index (χ4v) is 1.99. The van der Waals surface area contributed by atoms with Gasteiger partial charge in [0.2, 0.25) is 0 Å². The molecule has 1 saturated carbocycles. The molecule has 0 spiro atoms. The second kappa shape index (κ2) is 5.45. The summed E-state index contributed by atoms with van der Waals surface area (Å²) in [6.07, 6.45) is 3.55. The lowest BCUT2D eigenvalue weighted by Crippen LogP contribution is -2.30. The van der Waals surface area contributed by atoms with E-state index in [1.54, 1.807) is 0 Å². The molecule has 17 heavy (non-hydrogen) atoms. The number of aliphatic hydroxyl groups excluding tert-OH is 1. The van der Waals surface area contributed by atoms with Crippen molar-refractivity contribution in [3.05, 3.63) is 17.6 Å². The molecule has 1 aromatic heterocycles. The van der Waals surface area contributed by atoms with E-state index < -0.39 is 0 Å². The normalized spacial score (nSPS) is 15.0. The number of hydrogen-bond donors (Lipinski definition) is 1. The van der Waals surface area contributed by atoms with E-state index in [1.807, 2.05) is 13.0 Å². The van der Waals surface area contributed by atoms with Gasteiger partial charge < -0.3 is 10.0 Å². The number of aliphatic hydroxyl groups is 1. The minimum absolute atomic E-state index is 0.178. The van der Waals surface area contributed by atoms with Crippen LogP contribution in [0.25, 0.3) is 0 Å². The van der Waals surface area contributed by atoms with E-state index in [0.29, 0.717) is 6.54 Å². The summed E-state index contributed by atoms with van der Waals surface area (Å²) in [5, 5.41) is 9.14. The molecule has 0 saturated heterocycles. The largest absolute Gasteiger partial charge is 0.395 e. The number of anilines is 1. The monoisotopic (exact) mass is 235 g/mol. The average Bonchev–Trinajstić information content (AvgIpc) is 3.11. The van der Waals surface area contributed by atoms with Gasteiger partial charge in [-0.2, -0.15) is 0 Å². The number of nitrogens with zero attached hydrogens (tertiary/aromatic N) is 3. The van der Waals surface area contributed by atoms with Gasteiger partial charge >= 0.3 is 0 Å². The Morgan fingerprint density at radius 1 is 1.41 bits per heavy atom. The van der Waals surface area contributed by atoms with Crippen LogP contribution in [0.4, 0.5) is 5.82 Å². The first kappa shape index (κ1) is 12.3. The van der Waals surface area contributed by atoms with Crippen LogP contribution in [0.3, 0.4) is 0 Å². The highest BCUT2D eigenvalue weighted by atomic mass is 16.3. The highest BCUT2D eigenvalue weighted by molar-refractivity contribution is 5.40. The van der Waals surface area contributed by atoms with E-state index in [2.05, 4.69) is 21.8 Å². The molecule has 94 valence electrons. The molecular formula is C13H21N3O. The zero-order valence-corrected chi connectivity index (χ0v) is 10.7. The molecule has 4 nitrogen and oxygen atoms in total. The molecule has 0 unspecified atom stereocenters. The first-order valence-corrected chi connectivity index (χ1v) is 6.43. The zero-order chi connectivity index (χ0) is 12.3. The van der Waals surface area contributed by atoms with Crippen LogP contribution in [0, 0.1) is 12.8 Å². The van der Waals surface area contributed by atoms with Gasteiger partial charge in [0.15, 0.2) is 0 Å². The summed E-state index contributed by atoms with van der Waals surface area (Å²) in [4.78, 5) is 11.1. The molecule has 1 N–H and O–H groups in total. The van der Waals surface area contributed by atoms with Crippen LogP contribution < -0.4 is 4.90 Å². The molecule has 0 aromatic carbocycles. The van der Waals surface area contributed by atoms with Gasteiger partial charge in [0.25, 0.3) is 0 Å². The second-order valence-corrected chi connectivity index (χ2v) is 4.73. The number of aromatic nitrogens is 2. The second-order valence-electron chi connectivity index (χ2n) is 4.73. The fourth-order valence-electron chi connectivity index (χ4n) is 1.99. The molecular weight excluding hydrogens is 214 g/mol. The van der Waals surface area contributed by atoms with Crippen LogP contribution >= 0.6 is 0 Å². The van der Waals surface area contributed by atoms with Gasteiger partial charge in [0.05, 0.1) is 6.61 Å². The van der Waals surface area contributed by atoms with Crippen molar-refractivity contribution in [3.8, 4) is 0 Å². The lowest BCUT2D eigenvalue weighted by atomic mass is 10.3. The van der Waals surface area contributed by atoms with Gasteiger partial charge in [-0.25, -0.2) is 9.97 Å². The maximum absolute atomic E-state index is 9.14. The van der Waals surface area contributed by atoms with Gasteiger partial charge in [-0.15, -0.1) is 0 Å². The van der Waals surface area contributed by atoms with Crippen LogP contribution in [-0.4, -0.2) is 34.8 Å². The van der Waals surface area contributed by atoms with Gasteiger partial charge in [0.1, 0.15) is 11.6 Å². The predicted molar refractivity (Wildman–Crippen MR) is 68.2 cm³/mol. The first-order chi connectivity index (χ1) is 8.22. The van der Waals surface area contributed by atoms with E-state index in [4.69, 9.17) is 5.11 Å². The molecule has 0 radical (unpaired) electrons. The number of hydrogen-bond acceptors (Lipinski definition) is 4. The SMILES string of the molecule is CCc1cc(N(CCO)CC2CC2)nc(C)n1. The van der Waals surface area contributed by atoms with Crippen molar-refractivity contribution in [1.29, 1.82) is 0 Å². The molecule has 0 bridgehead atoms. The summed E-state index contributed by atoms with van der Waals surface area (Å²) < 4.78 is 0. The van der Waals surface area contributed by atoms with E-state index in [0.717, 1.165) is 36.2 Å². The van der Waals surface area contributed by atoms with Crippen molar-refractivity contribution < 1.29 is 5.11 Å². The maximum Gasteiger partial charge on any atom is 0.132 e. The van der Waals surface area contributed by atoms with Crippen LogP contribution in [0.1, 0.15) is 31.3 Å². The third-order valence-electron chi connectivity index (χ3n) is 3.11. The molecule has 1 aliphatic rings. The summed E-state index contributed by atoms with van der Waals surface area (Å²) in [5.41, 5.74) is 1.08. The van der Waals surface area contributed by atoms with Gasteiger partial charge in [-0.3, -0.25) is 0 Å². The van der Waals surface area contributed by atoms with Gasteiger partial charge in [0, 0.05) is 24.8 Å². The van der Waals surface area contributed by atoms with Crippen molar-refractivity contribution in [2.45, 2.75) is 33.1 Å². The van der Waals surface area contributed by atoms with Crippen molar-refractivity contribution in [2.24, 2.45) is 5.92 Å². The molecule has 2 rings (SSSR count). The third kappa shape index (κ3) is 3.40. The summed E-state index contributed by atoms with van der Waals surface area (Å²) >= 11 is 0. The summed E-state index contributed by atoms with van der Waals surface area (Å²) in [6, 6.07) is 2.05. The minimum Gasteiger partial charge on any atom is -0.395 e. The summed E-state index contributed by atoms with van der Waals surface area (Å²) in [7, 11) is 0. The molecule has 0 atom stereocenters. The number of aryl methyl sites for hydroxylation is 2. The highest BCUT2D eigenvalue weighted by Crippen LogP contribution is 2.31. The first-order valence-electron chi connectivity index (χ1n) is 6.43. The molecule has 1 aromatic rings. The lowest BCUT2D eigenvalue weighted by molar-refractivity contribution is 0.301. The van der Waals surface area contributed by atoms with E-state index in [1.165, 1.54) is 12.8 Å². The Labute approximate surface area is 103 Å². The van der Waals surface area contributed by atoms with Crippen LogP contribution in [0.2, 0.25) is 0 Å². The average molecular weight is 235 g/mol. The number of rotatable bonds is 6. The maximum atomic E-state index is 9.14. The molecule has 0 aliphatic heterocycles. The van der Waals surface area contributed by atoms with E-state index >= 15 is 0 Å². The van der Waals surface area contributed by atoms with Crippen molar-refractivity contribution in [3.63, 3.8) is 0 Å². The van der Waals surface area contributed by atoms with E-state index in [9.17, 15) is 0 Å². The Hall–Kier alpha value is -1.16. The quantitative estimate of drug-likeness (QED) is 0.813. The standard InChI is InChI=1S/C13H21N3O/c1-3-12-8-13(15-10(2)14-12)16(6-7-17)9-11-4-5-11/h8,11,17H,3-7,9H2,1-2H3. The molecule has 0 amide bonds. The summed E-state index contributed by atoms with van der Waals surface area (Å²) in [6.45, 7) is 5.88. The fraction of sp³-hybridized carbons (Fsp3) is 0.692. The Morgan fingerprint density at radius 2 is 2.18 bits per heavy atom. The molecule has 1 heterocycles. The van der Waals surface area contributed by atoms with Crippen molar-refractivity contribution in [2.75, 3.05) is 24.6 Å².